The molecule has 0 bridgehead atoms. The second-order valence-corrected chi connectivity index (χ2v) is 8.71. The number of aliphatic imine (C=N–C) groups is 1. The van der Waals surface area contributed by atoms with Crippen LogP contribution in [0.2, 0.25) is 0 Å². The number of piperidine rings is 1. The number of nitrogens with zero attached hydrogens (tertiary/aromatic N) is 2. The number of carbonyl (C=O) groups is 1. The Hall–Kier alpha value is -1.65. The van der Waals surface area contributed by atoms with Crippen molar-refractivity contribution < 1.29 is 4.79 Å². The predicted molar refractivity (Wildman–Crippen MR) is 140 cm³/mol. The average molecular weight is 556 g/mol. The number of hydrogen-bond donors (Lipinski definition) is 3. The van der Waals surface area contributed by atoms with Gasteiger partial charge in [0.25, 0.3) is 0 Å². The van der Waals surface area contributed by atoms with Crippen molar-refractivity contribution in [1.29, 1.82) is 0 Å². The number of benzene rings is 1. The Labute approximate surface area is 206 Å². The van der Waals surface area contributed by atoms with E-state index < -0.39 is 0 Å². The maximum absolute atomic E-state index is 12.1. The number of likely N-dealkylation sites (tertiary alicyclic amines) is 1. The first kappa shape index (κ1) is 25.6. The molecule has 1 aliphatic rings. The quantitative estimate of drug-likeness (QED) is 0.266. The van der Waals surface area contributed by atoms with E-state index in [9.17, 15) is 4.79 Å². The molecule has 3 rings (SSSR count). The van der Waals surface area contributed by atoms with Crippen molar-refractivity contribution in [3.05, 3.63) is 58.3 Å². The van der Waals surface area contributed by atoms with Gasteiger partial charge in [-0.15, -0.1) is 35.3 Å². The number of halogens is 1. The molecular formula is C23H34IN5OS. The number of amides is 1. The van der Waals surface area contributed by atoms with Crippen LogP contribution in [0.1, 0.15) is 29.3 Å². The van der Waals surface area contributed by atoms with Crippen molar-refractivity contribution in [3.8, 4) is 0 Å². The highest BCUT2D eigenvalue weighted by Crippen LogP contribution is 2.36. The van der Waals surface area contributed by atoms with E-state index in [-0.39, 0.29) is 36.4 Å². The fourth-order valence-corrected chi connectivity index (χ4v) is 5.03. The van der Waals surface area contributed by atoms with Crippen molar-refractivity contribution in [2.45, 2.75) is 25.3 Å². The normalized spacial score (nSPS) is 19.4. The first-order valence-corrected chi connectivity index (χ1v) is 11.5. The summed E-state index contributed by atoms with van der Waals surface area (Å²) < 4.78 is 0. The summed E-state index contributed by atoms with van der Waals surface area (Å²) in [6, 6.07) is 15.0. The van der Waals surface area contributed by atoms with Gasteiger partial charge in [-0.05, 0) is 55.8 Å². The second kappa shape index (κ2) is 13.7. The molecule has 2 aromatic rings. The Morgan fingerprint density at radius 2 is 1.97 bits per heavy atom. The summed E-state index contributed by atoms with van der Waals surface area (Å²) in [7, 11) is 3.95. The van der Waals surface area contributed by atoms with Crippen molar-refractivity contribution >= 4 is 47.2 Å². The summed E-state index contributed by atoms with van der Waals surface area (Å²) in [6.07, 6.45) is 3.23. The maximum atomic E-state index is 12.1. The predicted octanol–water partition coefficient (Wildman–Crippen LogP) is 3.27. The van der Waals surface area contributed by atoms with Gasteiger partial charge in [-0.3, -0.25) is 14.7 Å². The van der Waals surface area contributed by atoms with E-state index in [2.05, 4.69) is 62.5 Å². The number of rotatable bonds is 8. The van der Waals surface area contributed by atoms with Gasteiger partial charge in [-0.2, -0.15) is 0 Å². The third kappa shape index (κ3) is 8.08. The maximum Gasteiger partial charge on any atom is 0.239 e. The molecular weight excluding hydrogens is 521 g/mol. The number of thiophene rings is 1. The largest absolute Gasteiger partial charge is 0.356 e. The highest BCUT2D eigenvalue weighted by atomic mass is 127. The minimum Gasteiger partial charge on any atom is -0.356 e. The lowest BCUT2D eigenvalue weighted by Crippen LogP contribution is -2.47. The third-order valence-electron chi connectivity index (χ3n) is 5.59. The SMILES string of the molecule is CN=C(NCC(=O)NCCc1ccccc1)NCC1CCCN(C)C1c1cccs1.I. The van der Waals surface area contributed by atoms with E-state index >= 15 is 0 Å². The zero-order valence-corrected chi connectivity index (χ0v) is 21.5. The van der Waals surface area contributed by atoms with Gasteiger partial charge in [0.2, 0.25) is 5.91 Å². The second-order valence-electron chi connectivity index (χ2n) is 7.74. The molecule has 0 spiro atoms. The number of nitrogens with one attached hydrogen (secondary N) is 3. The molecule has 170 valence electrons. The highest BCUT2D eigenvalue weighted by Gasteiger charge is 2.31. The van der Waals surface area contributed by atoms with Crippen LogP contribution in [0.5, 0.6) is 0 Å². The summed E-state index contributed by atoms with van der Waals surface area (Å²) in [5.41, 5.74) is 1.22. The van der Waals surface area contributed by atoms with Crippen LogP contribution in [-0.4, -0.2) is 57.0 Å². The smallest absolute Gasteiger partial charge is 0.239 e. The molecule has 1 aromatic heterocycles. The van der Waals surface area contributed by atoms with Gasteiger partial charge in [-0.25, -0.2) is 0 Å². The first-order chi connectivity index (χ1) is 14.7. The van der Waals surface area contributed by atoms with Gasteiger partial charge in [0.05, 0.1) is 6.54 Å². The minimum atomic E-state index is -0.0252. The molecule has 1 saturated heterocycles. The van der Waals surface area contributed by atoms with Gasteiger partial charge in [-0.1, -0.05) is 36.4 Å². The lowest BCUT2D eigenvalue weighted by Gasteiger charge is -2.39. The van der Waals surface area contributed by atoms with E-state index in [4.69, 9.17) is 0 Å². The minimum absolute atomic E-state index is 0. The lowest BCUT2D eigenvalue weighted by atomic mass is 9.88. The lowest BCUT2D eigenvalue weighted by molar-refractivity contribution is -0.119. The van der Waals surface area contributed by atoms with E-state index in [0.29, 0.717) is 24.5 Å². The molecule has 6 nitrogen and oxygen atoms in total. The fourth-order valence-electron chi connectivity index (χ4n) is 4.05. The molecule has 0 radical (unpaired) electrons. The summed E-state index contributed by atoms with van der Waals surface area (Å²) in [5, 5.41) is 11.7. The Bertz CT molecular complexity index is 800. The monoisotopic (exact) mass is 555 g/mol. The van der Waals surface area contributed by atoms with Crippen molar-refractivity contribution in [2.24, 2.45) is 10.9 Å². The fraction of sp³-hybridized carbons (Fsp3) is 0.478. The molecule has 1 fully saturated rings. The average Bonchev–Trinajstić information content (AvgIpc) is 3.29. The molecule has 3 N–H and O–H groups in total. The molecule has 0 aliphatic carbocycles. The molecule has 2 atom stereocenters. The van der Waals surface area contributed by atoms with Crippen molar-refractivity contribution in [3.63, 3.8) is 0 Å². The van der Waals surface area contributed by atoms with E-state index in [0.717, 1.165) is 19.5 Å². The van der Waals surface area contributed by atoms with Crippen LogP contribution in [0.3, 0.4) is 0 Å². The molecule has 2 heterocycles. The van der Waals surface area contributed by atoms with Crippen LogP contribution in [0, 0.1) is 5.92 Å². The number of guanidine groups is 1. The van der Waals surface area contributed by atoms with Crippen molar-refractivity contribution in [1.82, 2.24) is 20.9 Å². The Kier molecular flexibility index (Phi) is 11.3. The molecule has 0 saturated carbocycles. The zero-order chi connectivity index (χ0) is 21.2. The van der Waals surface area contributed by atoms with E-state index in [1.54, 1.807) is 7.05 Å². The van der Waals surface area contributed by atoms with Crippen LogP contribution in [0.15, 0.2) is 52.8 Å². The van der Waals surface area contributed by atoms with Gasteiger partial charge < -0.3 is 16.0 Å². The summed E-state index contributed by atoms with van der Waals surface area (Å²) in [5.74, 6) is 1.16. The van der Waals surface area contributed by atoms with Gasteiger partial charge in [0, 0.05) is 31.1 Å². The Morgan fingerprint density at radius 1 is 1.16 bits per heavy atom. The number of carbonyl (C=O) groups excluding carboxylic acids is 1. The third-order valence-corrected chi connectivity index (χ3v) is 6.54. The zero-order valence-electron chi connectivity index (χ0n) is 18.3. The van der Waals surface area contributed by atoms with Crippen LogP contribution < -0.4 is 16.0 Å². The molecule has 1 aromatic carbocycles. The molecule has 8 heteroatoms. The van der Waals surface area contributed by atoms with Gasteiger partial charge >= 0.3 is 0 Å². The first-order valence-electron chi connectivity index (χ1n) is 10.7. The Balaban J connectivity index is 0.00000341. The molecule has 1 aliphatic heterocycles. The van der Waals surface area contributed by atoms with E-state index in [1.807, 2.05) is 29.5 Å². The Morgan fingerprint density at radius 3 is 2.68 bits per heavy atom. The van der Waals surface area contributed by atoms with Crippen LogP contribution >= 0.6 is 35.3 Å². The van der Waals surface area contributed by atoms with Crippen LogP contribution in [-0.2, 0) is 11.2 Å². The van der Waals surface area contributed by atoms with Crippen molar-refractivity contribution in [2.75, 3.05) is 40.3 Å². The number of hydrogen-bond acceptors (Lipinski definition) is 4. The van der Waals surface area contributed by atoms with Crippen LogP contribution in [0.25, 0.3) is 0 Å². The molecule has 1 amide bonds. The highest BCUT2D eigenvalue weighted by molar-refractivity contribution is 14.0. The van der Waals surface area contributed by atoms with Crippen LogP contribution in [0.4, 0.5) is 0 Å². The summed E-state index contributed by atoms with van der Waals surface area (Å²) in [6.45, 7) is 2.82. The molecule has 2 unspecified atom stereocenters. The van der Waals surface area contributed by atoms with Gasteiger partial charge in [0.1, 0.15) is 0 Å². The van der Waals surface area contributed by atoms with E-state index in [1.165, 1.54) is 23.3 Å². The molecule has 31 heavy (non-hydrogen) atoms. The topological polar surface area (TPSA) is 68.8 Å². The standard InChI is InChI=1S/C23H33N5OS.HI/c1-24-23(27-17-21(29)25-13-12-18-8-4-3-5-9-18)26-16-19-10-6-14-28(2)22(19)20-11-7-15-30-20;/h3-5,7-9,11,15,19,22H,6,10,12-14,16-17H2,1-2H3,(H,25,29)(H2,24,26,27);1H. The van der Waals surface area contributed by atoms with Gasteiger partial charge in [0.15, 0.2) is 5.96 Å². The summed E-state index contributed by atoms with van der Waals surface area (Å²) in [4.78, 5) is 20.3. The summed E-state index contributed by atoms with van der Waals surface area (Å²) >= 11 is 1.83.